The summed E-state index contributed by atoms with van der Waals surface area (Å²) in [7, 11) is 1.73. The number of hydrogen-bond donors (Lipinski definition) is 1. The van der Waals surface area contributed by atoms with Crippen molar-refractivity contribution in [1.82, 2.24) is 0 Å². The van der Waals surface area contributed by atoms with E-state index in [0.29, 0.717) is 0 Å². The molecule has 0 bridgehead atoms. The maximum absolute atomic E-state index is 5.33. The van der Waals surface area contributed by atoms with Gasteiger partial charge in [-0.1, -0.05) is 0 Å². The average Bonchev–Trinajstić information content (AvgIpc) is 1.84. The van der Waals surface area contributed by atoms with Crippen molar-refractivity contribution in [2.45, 2.75) is 32.3 Å². The molecule has 9 heavy (non-hydrogen) atoms. The molecule has 2 heteroatoms. The van der Waals surface area contributed by atoms with Gasteiger partial charge in [-0.2, -0.15) is 0 Å². The third-order valence-electron chi connectivity index (χ3n) is 1.54. The highest BCUT2D eigenvalue weighted by Gasteiger charge is 2.14. The van der Waals surface area contributed by atoms with Crippen molar-refractivity contribution in [2.24, 2.45) is 5.73 Å². The van der Waals surface area contributed by atoms with E-state index >= 15 is 0 Å². The molecular weight excluding hydrogens is 114 g/mol. The molecule has 0 fully saturated rings. The molecule has 0 aromatic rings. The molecule has 0 aliphatic rings. The van der Waals surface area contributed by atoms with Crippen molar-refractivity contribution in [3.05, 3.63) is 0 Å². The molecule has 0 aliphatic carbocycles. The lowest BCUT2D eigenvalue weighted by Crippen LogP contribution is -2.23. The second-order valence-electron chi connectivity index (χ2n) is 2.86. The van der Waals surface area contributed by atoms with Gasteiger partial charge in [-0.05, 0) is 33.2 Å². The summed E-state index contributed by atoms with van der Waals surface area (Å²) in [5.74, 6) is 0. The molecule has 2 N–H and O–H groups in total. The van der Waals surface area contributed by atoms with Gasteiger partial charge in [-0.25, -0.2) is 0 Å². The van der Waals surface area contributed by atoms with Crippen molar-refractivity contribution in [3.63, 3.8) is 0 Å². The smallest absolute Gasteiger partial charge is 0.0623 e. The molecule has 0 aromatic heterocycles. The molecule has 0 atom stereocenters. The van der Waals surface area contributed by atoms with E-state index in [1.54, 1.807) is 7.11 Å². The lowest BCUT2D eigenvalue weighted by atomic mass is 10.0. The molecule has 0 unspecified atom stereocenters. The van der Waals surface area contributed by atoms with Crippen molar-refractivity contribution in [3.8, 4) is 0 Å². The third-order valence-corrected chi connectivity index (χ3v) is 1.54. The van der Waals surface area contributed by atoms with Gasteiger partial charge in [0.05, 0.1) is 5.60 Å². The van der Waals surface area contributed by atoms with E-state index in [1.165, 1.54) is 0 Å². The number of rotatable bonds is 4. The summed E-state index contributed by atoms with van der Waals surface area (Å²) in [6.07, 6.45) is 2.08. The van der Waals surface area contributed by atoms with E-state index in [-0.39, 0.29) is 5.60 Å². The summed E-state index contributed by atoms with van der Waals surface area (Å²) in [4.78, 5) is 0. The number of hydrogen-bond acceptors (Lipinski definition) is 2. The lowest BCUT2D eigenvalue weighted by Gasteiger charge is -2.21. The maximum atomic E-state index is 5.33. The van der Waals surface area contributed by atoms with E-state index in [2.05, 4.69) is 13.8 Å². The second kappa shape index (κ2) is 3.85. The Bertz CT molecular complexity index is 71.3. The minimum atomic E-state index is 0.0133. The average molecular weight is 131 g/mol. The summed E-state index contributed by atoms with van der Waals surface area (Å²) in [5.41, 5.74) is 5.35. The monoisotopic (exact) mass is 131 g/mol. The molecule has 56 valence electrons. The van der Waals surface area contributed by atoms with Crippen LogP contribution in [0.3, 0.4) is 0 Å². The fraction of sp³-hybridized carbons (Fsp3) is 1.00. The van der Waals surface area contributed by atoms with Crippen LogP contribution in [0.15, 0.2) is 0 Å². The molecule has 0 heterocycles. The molecule has 0 saturated carbocycles. The number of ether oxygens (including phenoxy) is 1. The summed E-state index contributed by atoms with van der Waals surface area (Å²) in [6.45, 7) is 4.90. The fourth-order valence-electron chi connectivity index (χ4n) is 0.630. The molecule has 0 radical (unpaired) electrons. The Hall–Kier alpha value is -0.0800. The van der Waals surface area contributed by atoms with Crippen LogP contribution in [0.1, 0.15) is 26.7 Å². The van der Waals surface area contributed by atoms with Gasteiger partial charge in [-0.15, -0.1) is 0 Å². The van der Waals surface area contributed by atoms with Crippen LogP contribution < -0.4 is 5.73 Å². The molecular formula is C7H17NO. The highest BCUT2D eigenvalue weighted by atomic mass is 16.5. The lowest BCUT2D eigenvalue weighted by molar-refractivity contribution is 0.0144. The Morgan fingerprint density at radius 1 is 1.44 bits per heavy atom. The van der Waals surface area contributed by atoms with Crippen molar-refractivity contribution < 1.29 is 4.74 Å². The first-order chi connectivity index (χ1) is 4.12. The maximum Gasteiger partial charge on any atom is 0.0623 e. The predicted molar refractivity (Wildman–Crippen MR) is 39.4 cm³/mol. The second-order valence-corrected chi connectivity index (χ2v) is 2.86. The largest absolute Gasteiger partial charge is 0.379 e. The summed E-state index contributed by atoms with van der Waals surface area (Å²) >= 11 is 0. The minimum Gasteiger partial charge on any atom is -0.379 e. The van der Waals surface area contributed by atoms with Gasteiger partial charge in [0, 0.05) is 7.11 Å². The Morgan fingerprint density at radius 3 is 2.33 bits per heavy atom. The van der Waals surface area contributed by atoms with Crippen LogP contribution >= 0.6 is 0 Å². The van der Waals surface area contributed by atoms with Crippen molar-refractivity contribution in [2.75, 3.05) is 13.7 Å². The van der Waals surface area contributed by atoms with Crippen LogP contribution in [0.25, 0.3) is 0 Å². The quantitative estimate of drug-likeness (QED) is 0.621. The Labute approximate surface area is 57.4 Å². The zero-order valence-electron chi connectivity index (χ0n) is 6.61. The van der Waals surface area contributed by atoms with Crippen LogP contribution in [0.2, 0.25) is 0 Å². The summed E-state index contributed by atoms with van der Waals surface area (Å²) in [6, 6.07) is 0. The highest BCUT2D eigenvalue weighted by Crippen LogP contribution is 2.13. The van der Waals surface area contributed by atoms with Crippen molar-refractivity contribution in [1.29, 1.82) is 0 Å². The molecule has 0 rings (SSSR count). The van der Waals surface area contributed by atoms with Crippen LogP contribution in [0.4, 0.5) is 0 Å². The third kappa shape index (κ3) is 4.43. The first-order valence-electron chi connectivity index (χ1n) is 3.37. The summed E-state index contributed by atoms with van der Waals surface area (Å²) in [5, 5.41) is 0. The Morgan fingerprint density at radius 2 is 2.00 bits per heavy atom. The fourth-order valence-corrected chi connectivity index (χ4v) is 0.630. The van der Waals surface area contributed by atoms with E-state index in [9.17, 15) is 0 Å². The van der Waals surface area contributed by atoms with Gasteiger partial charge in [0.1, 0.15) is 0 Å². The molecule has 0 saturated heterocycles. The molecule has 0 aromatic carbocycles. The molecule has 2 nitrogen and oxygen atoms in total. The first kappa shape index (κ1) is 8.92. The Balaban J connectivity index is 3.33. The number of methoxy groups -OCH3 is 1. The standard InChI is InChI=1S/C7H17NO/c1-7(2,9-3)5-4-6-8/h4-6,8H2,1-3H3. The first-order valence-corrected chi connectivity index (χ1v) is 3.37. The van der Waals surface area contributed by atoms with Crippen LogP contribution in [-0.4, -0.2) is 19.3 Å². The topological polar surface area (TPSA) is 35.2 Å². The van der Waals surface area contributed by atoms with Gasteiger partial charge < -0.3 is 10.5 Å². The van der Waals surface area contributed by atoms with Gasteiger partial charge in [0.25, 0.3) is 0 Å². The number of nitrogens with two attached hydrogens (primary N) is 1. The van der Waals surface area contributed by atoms with Gasteiger partial charge in [0.15, 0.2) is 0 Å². The van der Waals surface area contributed by atoms with E-state index in [0.717, 1.165) is 19.4 Å². The van der Waals surface area contributed by atoms with E-state index in [4.69, 9.17) is 10.5 Å². The van der Waals surface area contributed by atoms with E-state index < -0.39 is 0 Å². The highest BCUT2D eigenvalue weighted by molar-refractivity contribution is 4.66. The van der Waals surface area contributed by atoms with Crippen LogP contribution in [0.5, 0.6) is 0 Å². The molecule has 0 spiro atoms. The van der Waals surface area contributed by atoms with Gasteiger partial charge in [-0.3, -0.25) is 0 Å². The zero-order chi connectivity index (χ0) is 7.33. The van der Waals surface area contributed by atoms with Crippen LogP contribution in [0, 0.1) is 0 Å². The van der Waals surface area contributed by atoms with Crippen LogP contribution in [-0.2, 0) is 4.74 Å². The minimum absolute atomic E-state index is 0.0133. The van der Waals surface area contributed by atoms with Crippen molar-refractivity contribution >= 4 is 0 Å². The predicted octanol–water partition coefficient (Wildman–Crippen LogP) is 1.15. The zero-order valence-corrected chi connectivity index (χ0v) is 6.61. The summed E-state index contributed by atoms with van der Waals surface area (Å²) < 4.78 is 5.18. The molecule has 0 amide bonds. The normalized spacial score (nSPS) is 12.0. The van der Waals surface area contributed by atoms with Gasteiger partial charge >= 0.3 is 0 Å². The SMILES string of the molecule is COC(C)(C)CCCN. The van der Waals surface area contributed by atoms with Gasteiger partial charge in [0.2, 0.25) is 0 Å². The Kier molecular flexibility index (Phi) is 3.82. The molecule has 0 aliphatic heterocycles. The van der Waals surface area contributed by atoms with E-state index in [1.807, 2.05) is 0 Å².